The van der Waals surface area contributed by atoms with Gasteiger partial charge in [0.05, 0.1) is 10.6 Å². The number of H-pyrrole nitrogens is 1. The lowest BCUT2D eigenvalue weighted by atomic mass is 10.0. The molecule has 168 valence electrons. The zero-order valence-electron chi connectivity index (χ0n) is 18.1. The van der Waals surface area contributed by atoms with Gasteiger partial charge >= 0.3 is 0 Å². The molecule has 2 aromatic carbocycles. The van der Waals surface area contributed by atoms with E-state index < -0.39 is 15.9 Å². The number of carbonyl (C=O) groups excluding carboxylic acids is 1. The first-order valence-electron chi connectivity index (χ1n) is 10.5. The molecule has 0 bridgehead atoms. The van der Waals surface area contributed by atoms with Gasteiger partial charge in [-0.2, -0.15) is 9.40 Å². The van der Waals surface area contributed by atoms with Crippen molar-refractivity contribution in [1.29, 1.82) is 0 Å². The van der Waals surface area contributed by atoms with Gasteiger partial charge < -0.3 is 10.4 Å². The maximum absolute atomic E-state index is 12.8. The molecule has 3 N–H and O–H groups in total. The van der Waals surface area contributed by atoms with E-state index in [1.807, 2.05) is 19.1 Å². The summed E-state index contributed by atoms with van der Waals surface area (Å²) in [5, 5.41) is 19.9. The van der Waals surface area contributed by atoms with Gasteiger partial charge in [0.25, 0.3) is 5.91 Å². The molecule has 32 heavy (non-hydrogen) atoms. The molecule has 1 aliphatic heterocycles. The molecule has 9 heteroatoms. The van der Waals surface area contributed by atoms with Crippen LogP contribution in [0.15, 0.2) is 47.4 Å². The van der Waals surface area contributed by atoms with Gasteiger partial charge in [-0.1, -0.05) is 12.5 Å². The number of rotatable bonds is 5. The van der Waals surface area contributed by atoms with E-state index in [0.717, 1.165) is 30.4 Å². The number of benzene rings is 2. The minimum atomic E-state index is -3.52. The molecular formula is C23H26N4O4S. The van der Waals surface area contributed by atoms with Gasteiger partial charge in [-0.25, -0.2) is 8.42 Å². The van der Waals surface area contributed by atoms with Crippen LogP contribution in [0.5, 0.6) is 5.75 Å². The number of nitrogens with one attached hydrogen (secondary N) is 2. The van der Waals surface area contributed by atoms with Crippen molar-refractivity contribution in [2.24, 2.45) is 0 Å². The fourth-order valence-electron chi connectivity index (χ4n) is 3.89. The van der Waals surface area contributed by atoms with Crippen LogP contribution in [-0.2, 0) is 10.0 Å². The van der Waals surface area contributed by atoms with Crippen LogP contribution in [0.4, 0.5) is 5.69 Å². The first kappa shape index (κ1) is 22.0. The maximum Gasteiger partial charge on any atom is 0.273 e. The number of piperidine rings is 1. The lowest BCUT2D eigenvalue weighted by Gasteiger charge is -2.25. The first-order chi connectivity index (χ1) is 15.3. The predicted molar refractivity (Wildman–Crippen MR) is 122 cm³/mol. The first-order valence-corrected chi connectivity index (χ1v) is 12.0. The molecule has 0 saturated carbocycles. The largest absolute Gasteiger partial charge is 0.507 e. The molecular weight excluding hydrogens is 428 g/mol. The van der Waals surface area contributed by atoms with Crippen molar-refractivity contribution in [3.8, 4) is 17.0 Å². The summed E-state index contributed by atoms with van der Waals surface area (Å²) in [5.74, 6) is -0.293. The Morgan fingerprint density at radius 3 is 2.44 bits per heavy atom. The van der Waals surface area contributed by atoms with Crippen LogP contribution in [-0.4, -0.2) is 47.0 Å². The second kappa shape index (κ2) is 8.76. The summed E-state index contributed by atoms with van der Waals surface area (Å²) in [5.41, 5.74) is 3.41. The Kier molecular flexibility index (Phi) is 6.03. The second-order valence-electron chi connectivity index (χ2n) is 8.09. The van der Waals surface area contributed by atoms with Gasteiger partial charge in [-0.05, 0) is 74.2 Å². The average molecular weight is 455 g/mol. The number of hydrogen-bond donors (Lipinski definition) is 3. The van der Waals surface area contributed by atoms with Crippen molar-refractivity contribution in [3.05, 3.63) is 59.3 Å². The number of aromatic amines is 1. The molecule has 0 radical (unpaired) electrons. The SMILES string of the molecule is Cc1cc(C)c(O)c(-c2cc(C(=O)Nc3ccc(S(=O)(=O)N4CCCCC4)cc3)[nH]n2)c1. The second-order valence-corrected chi connectivity index (χ2v) is 10.0. The van der Waals surface area contributed by atoms with E-state index >= 15 is 0 Å². The highest BCUT2D eigenvalue weighted by Gasteiger charge is 2.25. The van der Waals surface area contributed by atoms with E-state index in [4.69, 9.17) is 0 Å². The van der Waals surface area contributed by atoms with E-state index in [1.54, 1.807) is 25.1 Å². The molecule has 2 heterocycles. The van der Waals surface area contributed by atoms with E-state index in [1.165, 1.54) is 16.4 Å². The molecule has 1 aromatic heterocycles. The van der Waals surface area contributed by atoms with E-state index in [9.17, 15) is 18.3 Å². The predicted octanol–water partition coefficient (Wildman–Crippen LogP) is 3.83. The molecule has 4 rings (SSSR count). The van der Waals surface area contributed by atoms with Crippen LogP contribution < -0.4 is 5.32 Å². The Morgan fingerprint density at radius 1 is 1.06 bits per heavy atom. The molecule has 0 atom stereocenters. The van der Waals surface area contributed by atoms with Crippen molar-refractivity contribution in [3.63, 3.8) is 0 Å². The van der Waals surface area contributed by atoms with Crippen molar-refractivity contribution >= 4 is 21.6 Å². The fraction of sp³-hybridized carbons (Fsp3) is 0.304. The van der Waals surface area contributed by atoms with Crippen molar-refractivity contribution in [2.45, 2.75) is 38.0 Å². The maximum atomic E-state index is 12.8. The van der Waals surface area contributed by atoms with Crippen LogP contribution in [0, 0.1) is 13.8 Å². The fourth-order valence-corrected chi connectivity index (χ4v) is 5.41. The molecule has 8 nitrogen and oxygen atoms in total. The smallest absolute Gasteiger partial charge is 0.273 e. The zero-order chi connectivity index (χ0) is 22.9. The molecule has 3 aromatic rings. The number of phenolic OH excluding ortho intramolecular Hbond substituents is 1. The number of aromatic hydroxyl groups is 1. The summed E-state index contributed by atoms with van der Waals surface area (Å²) < 4.78 is 27.0. The summed E-state index contributed by atoms with van der Waals surface area (Å²) in [6.07, 6.45) is 2.80. The highest BCUT2D eigenvalue weighted by Crippen LogP contribution is 2.32. The summed E-state index contributed by atoms with van der Waals surface area (Å²) in [6, 6.07) is 11.4. The summed E-state index contributed by atoms with van der Waals surface area (Å²) in [6.45, 7) is 4.81. The number of aryl methyl sites for hydroxylation is 2. The van der Waals surface area contributed by atoms with Crippen molar-refractivity contribution in [2.75, 3.05) is 18.4 Å². The third-order valence-electron chi connectivity index (χ3n) is 5.61. The Balaban J connectivity index is 1.48. The minimum absolute atomic E-state index is 0.125. The summed E-state index contributed by atoms with van der Waals surface area (Å²) >= 11 is 0. The Labute approximate surface area is 187 Å². The zero-order valence-corrected chi connectivity index (χ0v) is 18.9. The van der Waals surface area contributed by atoms with Crippen molar-refractivity contribution < 1.29 is 18.3 Å². The van der Waals surface area contributed by atoms with Gasteiger partial charge in [0.1, 0.15) is 11.4 Å². The van der Waals surface area contributed by atoms with Gasteiger partial charge in [-0.15, -0.1) is 0 Å². The molecule has 0 unspecified atom stereocenters. The van der Waals surface area contributed by atoms with Crippen LogP contribution >= 0.6 is 0 Å². The number of nitrogens with zero attached hydrogens (tertiary/aromatic N) is 2. The number of sulfonamides is 1. The van der Waals surface area contributed by atoms with Crippen LogP contribution in [0.2, 0.25) is 0 Å². The third-order valence-corrected chi connectivity index (χ3v) is 7.52. The van der Waals surface area contributed by atoms with Gasteiger partial charge in [0.2, 0.25) is 10.0 Å². The Morgan fingerprint density at radius 2 is 1.75 bits per heavy atom. The summed E-state index contributed by atoms with van der Waals surface area (Å²) in [7, 11) is -3.52. The van der Waals surface area contributed by atoms with Gasteiger partial charge in [0.15, 0.2) is 0 Å². The minimum Gasteiger partial charge on any atom is -0.507 e. The quantitative estimate of drug-likeness (QED) is 0.542. The number of aromatic nitrogens is 2. The van der Waals surface area contributed by atoms with E-state index in [2.05, 4.69) is 15.5 Å². The van der Waals surface area contributed by atoms with Crippen LogP contribution in [0.1, 0.15) is 40.9 Å². The number of hydrogen-bond acceptors (Lipinski definition) is 5. The molecule has 1 aliphatic rings. The van der Waals surface area contributed by atoms with Gasteiger partial charge in [-0.3, -0.25) is 9.89 Å². The standard InChI is InChI=1S/C23H26N4O4S/c1-15-12-16(2)22(28)19(13-15)20-14-21(26-25-20)23(29)24-17-6-8-18(9-7-17)32(30,31)27-10-4-3-5-11-27/h6-9,12-14,28H,3-5,10-11H2,1-2H3,(H,24,29)(H,25,26). The highest BCUT2D eigenvalue weighted by atomic mass is 32.2. The molecule has 0 aliphatic carbocycles. The molecule has 1 saturated heterocycles. The normalized spacial score (nSPS) is 14.9. The number of amides is 1. The number of phenols is 1. The van der Waals surface area contributed by atoms with Crippen LogP contribution in [0.25, 0.3) is 11.3 Å². The Hall–Kier alpha value is -3.17. The monoisotopic (exact) mass is 454 g/mol. The topological polar surface area (TPSA) is 115 Å². The van der Waals surface area contributed by atoms with Crippen LogP contribution in [0.3, 0.4) is 0 Å². The van der Waals surface area contributed by atoms with Crippen molar-refractivity contribution in [1.82, 2.24) is 14.5 Å². The third kappa shape index (κ3) is 4.39. The molecule has 1 amide bonds. The lowest BCUT2D eigenvalue weighted by molar-refractivity contribution is 0.102. The molecule has 0 spiro atoms. The average Bonchev–Trinajstić information content (AvgIpc) is 3.27. The highest BCUT2D eigenvalue weighted by molar-refractivity contribution is 7.89. The number of anilines is 1. The Bertz CT molecular complexity index is 1240. The van der Waals surface area contributed by atoms with Gasteiger partial charge in [0, 0.05) is 24.3 Å². The van der Waals surface area contributed by atoms with E-state index in [-0.39, 0.29) is 16.3 Å². The lowest BCUT2D eigenvalue weighted by Crippen LogP contribution is -2.35. The summed E-state index contributed by atoms with van der Waals surface area (Å²) in [4.78, 5) is 12.8. The number of carbonyl (C=O) groups is 1. The molecule has 1 fully saturated rings. The van der Waals surface area contributed by atoms with E-state index in [0.29, 0.717) is 30.0 Å².